The molecule has 0 aliphatic rings. The van der Waals surface area contributed by atoms with Crippen LogP contribution in [0, 0.1) is 0 Å². The molecule has 0 aromatic heterocycles. The van der Waals surface area contributed by atoms with Gasteiger partial charge in [0.2, 0.25) is 0 Å². The fraction of sp³-hybridized carbons (Fsp3) is 0. The summed E-state index contributed by atoms with van der Waals surface area (Å²) < 4.78 is 0. The third-order valence-electron chi connectivity index (χ3n) is 9.97. The molecule has 0 bridgehead atoms. The number of hydrogen-bond acceptors (Lipinski definition) is 0. The van der Waals surface area contributed by atoms with E-state index in [0.29, 0.717) is 0 Å². The molecule has 0 N–H and O–H groups in total. The maximum atomic E-state index is 4.35. The second kappa shape index (κ2) is 9.76. The summed E-state index contributed by atoms with van der Waals surface area (Å²) in [7, 11) is 0. The first-order chi connectivity index (χ1) is 22.6. The van der Waals surface area contributed by atoms with Crippen molar-refractivity contribution in [2.45, 2.75) is 0 Å². The third kappa shape index (κ3) is 3.62. The van der Waals surface area contributed by atoms with Gasteiger partial charge in [-0.25, -0.2) is 0 Å². The van der Waals surface area contributed by atoms with Crippen LogP contribution in [0.2, 0.25) is 0 Å². The molecule has 9 aromatic rings. The minimum Gasteiger partial charge on any atom is -0.0984 e. The van der Waals surface area contributed by atoms with E-state index in [4.69, 9.17) is 0 Å². The van der Waals surface area contributed by atoms with Gasteiger partial charge >= 0.3 is 0 Å². The van der Waals surface area contributed by atoms with E-state index in [1.54, 1.807) is 0 Å². The highest BCUT2D eigenvalue weighted by Crippen LogP contribution is 2.42. The van der Waals surface area contributed by atoms with Crippen molar-refractivity contribution >= 4 is 89.4 Å². The SMILES string of the molecule is C=Cc1c(-c2cc3ccc4cccc5ccc(c2)c3c45)cc2ccc(-c3ccc4ccc(C=C)c5c(=C)ccc3c45)cc2c1C=C. The highest BCUT2D eigenvalue weighted by molar-refractivity contribution is 6.24. The number of benzene rings is 9. The summed E-state index contributed by atoms with van der Waals surface area (Å²) in [6, 6.07) is 42.5. The van der Waals surface area contributed by atoms with Crippen molar-refractivity contribution in [2.75, 3.05) is 0 Å². The summed E-state index contributed by atoms with van der Waals surface area (Å²) in [5.74, 6) is 0. The lowest BCUT2D eigenvalue weighted by atomic mass is 9.86. The van der Waals surface area contributed by atoms with Gasteiger partial charge in [-0.15, -0.1) is 0 Å². The molecule has 0 heterocycles. The molecule has 0 unspecified atom stereocenters. The highest BCUT2D eigenvalue weighted by atomic mass is 14.2. The van der Waals surface area contributed by atoms with Crippen LogP contribution in [0.4, 0.5) is 0 Å². The zero-order valence-corrected chi connectivity index (χ0v) is 25.5. The van der Waals surface area contributed by atoms with Gasteiger partial charge in [-0.1, -0.05) is 136 Å². The number of fused-ring (bicyclic) bond motifs is 1. The first kappa shape index (κ1) is 26.4. The number of rotatable bonds is 5. The molecule has 0 saturated heterocycles. The summed E-state index contributed by atoms with van der Waals surface area (Å²) >= 11 is 0. The molecule has 0 radical (unpaired) electrons. The van der Waals surface area contributed by atoms with E-state index in [0.717, 1.165) is 21.9 Å². The molecule has 0 nitrogen and oxygen atoms in total. The first-order valence-corrected chi connectivity index (χ1v) is 15.7. The second-order valence-corrected chi connectivity index (χ2v) is 12.3. The van der Waals surface area contributed by atoms with Crippen molar-refractivity contribution in [3.63, 3.8) is 0 Å². The van der Waals surface area contributed by atoms with Crippen LogP contribution in [0.25, 0.3) is 112 Å². The Hall–Kier alpha value is -5.98. The van der Waals surface area contributed by atoms with Crippen LogP contribution >= 0.6 is 0 Å². The van der Waals surface area contributed by atoms with Crippen molar-refractivity contribution in [1.82, 2.24) is 0 Å². The Morgan fingerprint density at radius 3 is 1.74 bits per heavy atom. The van der Waals surface area contributed by atoms with Gasteiger partial charge in [-0.3, -0.25) is 0 Å². The molecule has 9 aromatic carbocycles. The lowest BCUT2D eigenvalue weighted by molar-refractivity contribution is 1.62. The molecule has 46 heavy (non-hydrogen) atoms. The van der Waals surface area contributed by atoms with Gasteiger partial charge in [0, 0.05) is 0 Å². The molecule has 9 rings (SSSR count). The topological polar surface area (TPSA) is 0 Å². The smallest absolute Gasteiger partial charge is 0.00208 e. The predicted octanol–water partition coefficient (Wildman–Crippen LogP) is 12.4. The van der Waals surface area contributed by atoms with Gasteiger partial charge in [-0.2, -0.15) is 0 Å². The number of hydrogen-bond donors (Lipinski definition) is 0. The molecule has 0 atom stereocenters. The van der Waals surface area contributed by atoms with E-state index in [9.17, 15) is 0 Å². The molecule has 214 valence electrons. The standard InChI is InChI=1S/C46H30/c1-5-28-12-13-31-20-22-39(40-21-11-27(4)43(28)46(31)40)32-16-17-33-26-42(38(7-3)37(6-2)41(33)25-32)36-23-34-18-14-29-9-8-10-30-15-19-35(24-36)45(34)44(29)30/h5-26H,1-4H2. The van der Waals surface area contributed by atoms with Gasteiger partial charge in [-0.05, 0) is 133 Å². The Morgan fingerprint density at radius 2 is 1.02 bits per heavy atom. The minimum atomic E-state index is 1.02. The molecule has 0 saturated carbocycles. The van der Waals surface area contributed by atoms with Crippen LogP contribution in [0.15, 0.2) is 135 Å². The molecule has 0 aliphatic heterocycles. The van der Waals surface area contributed by atoms with E-state index >= 15 is 0 Å². The summed E-state index contributed by atoms with van der Waals surface area (Å²) in [5, 5.41) is 15.9. The maximum absolute atomic E-state index is 4.35. The first-order valence-electron chi connectivity index (χ1n) is 15.7. The third-order valence-corrected chi connectivity index (χ3v) is 9.97. The van der Waals surface area contributed by atoms with E-state index in [1.165, 1.54) is 86.9 Å². The van der Waals surface area contributed by atoms with Crippen LogP contribution in [0.5, 0.6) is 0 Å². The summed E-state index contributed by atoms with van der Waals surface area (Å²) in [4.78, 5) is 0. The largest absolute Gasteiger partial charge is 0.0984 e. The van der Waals surface area contributed by atoms with Gasteiger partial charge in [0.05, 0.1) is 0 Å². The lowest BCUT2D eigenvalue weighted by Gasteiger charge is -2.18. The van der Waals surface area contributed by atoms with Crippen LogP contribution in [-0.2, 0) is 0 Å². The summed E-state index contributed by atoms with van der Waals surface area (Å²) in [6.07, 6.45) is 5.90. The zero-order valence-electron chi connectivity index (χ0n) is 25.5. The Balaban J connectivity index is 1.27. The Morgan fingerprint density at radius 1 is 0.391 bits per heavy atom. The van der Waals surface area contributed by atoms with E-state index in [2.05, 4.69) is 142 Å². The fourth-order valence-electron chi connectivity index (χ4n) is 7.86. The van der Waals surface area contributed by atoms with Gasteiger partial charge in [0.15, 0.2) is 0 Å². The molecule has 0 fully saturated rings. The van der Waals surface area contributed by atoms with Crippen molar-refractivity contribution in [2.24, 2.45) is 0 Å². The fourth-order valence-corrected chi connectivity index (χ4v) is 7.86. The Kier molecular flexibility index (Phi) is 5.61. The van der Waals surface area contributed by atoms with Crippen molar-refractivity contribution < 1.29 is 0 Å². The van der Waals surface area contributed by atoms with E-state index in [1.807, 2.05) is 18.2 Å². The molecule has 0 aliphatic carbocycles. The van der Waals surface area contributed by atoms with Crippen molar-refractivity contribution in [3.05, 3.63) is 157 Å². The average molecular weight is 583 g/mol. The monoisotopic (exact) mass is 582 g/mol. The van der Waals surface area contributed by atoms with Gasteiger partial charge in [0.1, 0.15) is 0 Å². The van der Waals surface area contributed by atoms with Crippen molar-refractivity contribution in [3.8, 4) is 22.3 Å². The van der Waals surface area contributed by atoms with E-state index < -0.39 is 0 Å². The van der Waals surface area contributed by atoms with E-state index in [-0.39, 0.29) is 0 Å². The lowest BCUT2D eigenvalue weighted by Crippen LogP contribution is -2.02. The quantitative estimate of drug-likeness (QED) is 0.177. The Labute approximate surface area is 267 Å². The van der Waals surface area contributed by atoms with Crippen LogP contribution in [-0.4, -0.2) is 0 Å². The summed E-state index contributed by atoms with van der Waals surface area (Å²) in [5.41, 5.74) is 8.04. The highest BCUT2D eigenvalue weighted by Gasteiger charge is 2.17. The van der Waals surface area contributed by atoms with Crippen LogP contribution in [0.1, 0.15) is 16.7 Å². The Bertz CT molecular complexity index is 2740. The van der Waals surface area contributed by atoms with Gasteiger partial charge in [0.25, 0.3) is 0 Å². The summed E-state index contributed by atoms with van der Waals surface area (Å²) in [6.45, 7) is 17.0. The second-order valence-electron chi connectivity index (χ2n) is 12.3. The zero-order chi connectivity index (χ0) is 31.1. The van der Waals surface area contributed by atoms with Crippen LogP contribution in [0.3, 0.4) is 0 Å². The minimum absolute atomic E-state index is 1.02. The normalized spacial score (nSPS) is 11.8. The van der Waals surface area contributed by atoms with Gasteiger partial charge < -0.3 is 0 Å². The maximum Gasteiger partial charge on any atom is -0.00208 e. The predicted molar refractivity (Wildman–Crippen MR) is 205 cm³/mol. The molecular formula is C46H30. The van der Waals surface area contributed by atoms with Crippen LogP contribution < -0.4 is 5.22 Å². The molecule has 0 spiro atoms. The molecule has 0 amide bonds. The molecular weight excluding hydrogens is 553 g/mol. The molecule has 0 heteroatoms. The average Bonchev–Trinajstić information content (AvgIpc) is 3.10. The van der Waals surface area contributed by atoms with Crippen molar-refractivity contribution in [1.29, 1.82) is 0 Å².